The quantitative estimate of drug-likeness (QED) is 0.837. The van der Waals surface area contributed by atoms with E-state index in [4.69, 9.17) is 17.3 Å². The summed E-state index contributed by atoms with van der Waals surface area (Å²) in [7, 11) is 0. The third kappa shape index (κ3) is 3.57. The van der Waals surface area contributed by atoms with E-state index in [1.807, 2.05) is 6.92 Å². The van der Waals surface area contributed by atoms with Crippen LogP contribution in [0.15, 0.2) is 17.5 Å². The van der Waals surface area contributed by atoms with E-state index in [9.17, 15) is 0 Å². The highest BCUT2D eigenvalue weighted by molar-refractivity contribution is 7.09. The second-order valence-corrected chi connectivity index (χ2v) is 5.09. The summed E-state index contributed by atoms with van der Waals surface area (Å²) in [5.41, 5.74) is 7.37. The molecule has 2 heterocycles. The molecule has 0 aromatic carbocycles. The average Bonchev–Trinajstić information content (AvgIpc) is 2.63. The Morgan fingerprint density at radius 2 is 2.24 bits per heavy atom. The van der Waals surface area contributed by atoms with Crippen molar-refractivity contribution in [1.29, 1.82) is 0 Å². The van der Waals surface area contributed by atoms with Gasteiger partial charge in [0, 0.05) is 30.1 Å². The molecule has 2 aromatic heterocycles. The van der Waals surface area contributed by atoms with Gasteiger partial charge in [0.1, 0.15) is 11.0 Å². The zero-order valence-corrected chi connectivity index (χ0v) is 11.0. The maximum atomic E-state index is 5.81. The van der Waals surface area contributed by atoms with E-state index in [-0.39, 0.29) is 0 Å². The molecule has 2 rings (SSSR count). The summed E-state index contributed by atoms with van der Waals surface area (Å²) >= 11 is 7.47. The SMILES string of the molecule is Cc1nc(CCNc2cc(N)cc(Cl)n2)cs1. The first kappa shape index (κ1) is 12.1. The molecule has 0 radical (unpaired) electrons. The minimum absolute atomic E-state index is 0.400. The second-order valence-electron chi connectivity index (χ2n) is 3.64. The summed E-state index contributed by atoms with van der Waals surface area (Å²) in [6.07, 6.45) is 0.860. The van der Waals surface area contributed by atoms with Crippen molar-refractivity contribution in [2.45, 2.75) is 13.3 Å². The van der Waals surface area contributed by atoms with Crippen molar-refractivity contribution in [2.75, 3.05) is 17.6 Å². The van der Waals surface area contributed by atoms with Crippen molar-refractivity contribution in [3.05, 3.63) is 33.4 Å². The molecule has 0 saturated heterocycles. The van der Waals surface area contributed by atoms with Gasteiger partial charge in [0.05, 0.1) is 10.7 Å². The van der Waals surface area contributed by atoms with Crippen LogP contribution in [-0.4, -0.2) is 16.5 Å². The average molecular weight is 269 g/mol. The molecule has 0 unspecified atom stereocenters. The van der Waals surface area contributed by atoms with E-state index in [0.29, 0.717) is 16.7 Å². The molecule has 0 bridgehead atoms. The fraction of sp³-hybridized carbons (Fsp3) is 0.273. The van der Waals surface area contributed by atoms with Gasteiger partial charge in [-0.15, -0.1) is 11.3 Å². The summed E-state index contributed by atoms with van der Waals surface area (Å²) in [4.78, 5) is 8.51. The number of hydrogen-bond donors (Lipinski definition) is 2. The van der Waals surface area contributed by atoms with Gasteiger partial charge >= 0.3 is 0 Å². The third-order valence-electron chi connectivity index (χ3n) is 2.17. The first-order valence-corrected chi connectivity index (χ1v) is 6.47. The van der Waals surface area contributed by atoms with Gasteiger partial charge in [0.15, 0.2) is 0 Å². The van der Waals surface area contributed by atoms with Crippen LogP contribution in [0.4, 0.5) is 11.5 Å². The summed E-state index contributed by atoms with van der Waals surface area (Å²) in [6, 6.07) is 3.38. The van der Waals surface area contributed by atoms with Crippen LogP contribution in [0.5, 0.6) is 0 Å². The highest BCUT2D eigenvalue weighted by Gasteiger charge is 2.00. The number of thiazole rings is 1. The van der Waals surface area contributed by atoms with Crippen molar-refractivity contribution < 1.29 is 0 Å². The van der Waals surface area contributed by atoms with E-state index in [1.54, 1.807) is 23.5 Å². The summed E-state index contributed by atoms with van der Waals surface area (Å²) in [5, 5.41) is 6.73. The fourth-order valence-corrected chi connectivity index (χ4v) is 2.31. The van der Waals surface area contributed by atoms with Gasteiger partial charge in [0.25, 0.3) is 0 Å². The maximum Gasteiger partial charge on any atom is 0.133 e. The smallest absolute Gasteiger partial charge is 0.133 e. The third-order valence-corrected chi connectivity index (χ3v) is 3.19. The topological polar surface area (TPSA) is 63.8 Å². The Morgan fingerprint density at radius 3 is 2.88 bits per heavy atom. The van der Waals surface area contributed by atoms with Crippen molar-refractivity contribution >= 4 is 34.4 Å². The molecule has 4 nitrogen and oxygen atoms in total. The number of nitrogen functional groups attached to an aromatic ring is 1. The second kappa shape index (κ2) is 5.33. The zero-order chi connectivity index (χ0) is 12.3. The summed E-state index contributed by atoms with van der Waals surface area (Å²) in [6.45, 7) is 2.76. The van der Waals surface area contributed by atoms with Crippen molar-refractivity contribution in [2.24, 2.45) is 0 Å². The number of hydrogen-bond acceptors (Lipinski definition) is 5. The largest absolute Gasteiger partial charge is 0.399 e. The molecular weight excluding hydrogens is 256 g/mol. The van der Waals surface area contributed by atoms with E-state index < -0.39 is 0 Å². The highest BCUT2D eigenvalue weighted by atomic mass is 35.5. The van der Waals surface area contributed by atoms with Crippen molar-refractivity contribution in [3.63, 3.8) is 0 Å². The first-order chi connectivity index (χ1) is 8.13. The molecular formula is C11H13ClN4S. The lowest BCUT2D eigenvalue weighted by molar-refractivity contribution is 0.961. The lowest BCUT2D eigenvalue weighted by Crippen LogP contribution is -2.07. The number of aryl methyl sites for hydroxylation is 1. The van der Waals surface area contributed by atoms with Gasteiger partial charge in [-0.2, -0.15) is 0 Å². The van der Waals surface area contributed by atoms with Crippen LogP contribution in [0.3, 0.4) is 0 Å². The van der Waals surface area contributed by atoms with Crippen molar-refractivity contribution in [1.82, 2.24) is 9.97 Å². The van der Waals surface area contributed by atoms with Gasteiger partial charge < -0.3 is 11.1 Å². The van der Waals surface area contributed by atoms with E-state index in [2.05, 4.69) is 20.7 Å². The van der Waals surface area contributed by atoms with Gasteiger partial charge in [-0.1, -0.05) is 11.6 Å². The van der Waals surface area contributed by atoms with Crippen LogP contribution in [0.2, 0.25) is 5.15 Å². The summed E-state index contributed by atoms with van der Waals surface area (Å²) in [5.74, 6) is 0.696. The Bertz CT molecular complexity index is 492. The number of nitrogens with one attached hydrogen (secondary N) is 1. The molecule has 2 aromatic rings. The number of nitrogens with zero attached hydrogens (tertiary/aromatic N) is 2. The van der Waals surface area contributed by atoms with Crippen LogP contribution in [0.1, 0.15) is 10.7 Å². The lowest BCUT2D eigenvalue weighted by Gasteiger charge is -2.05. The standard InChI is InChI=1S/C11H13ClN4S/c1-7-15-9(6-17-7)2-3-14-11-5-8(13)4-10(12)16-11/h4-6H,2-3H2,1H3,(H3,13,14,16). The Hall–Kier alpha value is -1.33. The monoisotopic (exact) mass is 268 g/mol. The molecule has 0 saturated carbocycles. The zero-order valence-electron chi connectivity index (χ0n) is 9.40. The lowest BCUT2D eigenvalue weighted by atomic mass is 10.3. The molecule has 0 fully saturated rings. The maximum absolute atomic E-state index is 5.81. The highest BCUT2D eigenvalue weighted by Crippen LogP contribution is 2.16. The predicted octanol–water partition coefficient (Wildman–Crippen LogP) is 2.74. The molecule has 0 aliphatic carbocycles. The Balaban J connectivity index is 1.89. The molecule has 6 heteroatoms. The van der Waals surface area contributed by atoms with Gasteiger partial charge in [-0.05, 0) is 13.0 Å². The van der Waals surface area contributed by atoms with Gasteiger partial charge in [-0.3, -0.25) is 0 Å². The van der Waals surface area contributed by atoms with Crippen LogP contribution in [0.25, 0.3) is 0 Å². The molecule has 3 N–H and O–H groups in total. The minimum Gasteiger partial charge on any atom is -0.399 e. The molecule has 90 valence electrons. The van der Waals surface area contributed by atoms with Crippen LogP contribution in [0, 0.1) is 6.92 Å². The van der Waals surface area contributed by atoms with Crippen molar-refractivity contribution in [3.8, 4) is 0 Å². The number of pyridine rings is 1. The Morgan fingerprint density at radius 1 is 1.41 bits per heavy atom. The van der Waals surface area contributed by atoms with Crippen LogP contribution < -0.4 is 11.1 Å². The van der Waals surface area contributed by atoms with Gasteiger partial charge in [0.2, 0.25) is 0 Å². The van der Waals surface area contributed by atoms with Gasteiger partial charge in [-0.25, -0.2) is 9.97 Å². The van der Waals surface area contributed by atoms with E-state index in [1.165, 1.54) is 0 Å². The van der Waals surface area contributed by atoms with Crippen LogP contribution >= 0.6 is 22.9 Å². The molecule has 0 atom stereocenters. The molecule has 0 aliphatic heterocycles. The molecule has 0 aliphatic rings. The molecule has 0 spiro atoms. The normalized spacial score (nSPS) is 10.5. The first-order valence-electron chi connectivity index (χ1n) is 5.21. The molecule has 17 heavy (non-hydrogen) atoms. The Labute approximate surface area is 109 Å². The number of aromatic nitrogens is 2. The number of nitrogens with two attached hydrogens (primary N) is 1. The molecule has 0 amide bonds. The van der Waals surface area contributed by atoms with E-state index in [0.717, 1.165) is 23.7 Å². The summed E-state index contributed by atoms with van der Waals surface area (Å²) < 4.78 is 0. The van der Waals surface area contributed by atoms with Crippen LogP contribution in [-0.2, 0) is 6.42 Å². The fourth-order valence-electron chi connectivity index (χ4n) is 1.45. The predicted molar refractivity (Wildman–Crippen MR) is 72.7 cm³/mol. The number of anilines is 2. The Kier molecular flexibility index (Phi) is 3.81. The number of halogens is 1. The number of rotatable bonds is 4. The van der Waals surface area contributed by atoms with E-state index >= 15 is 0 Å². The minimum atomic E-state index is 0.400.